The highest BCUT2D eigenvalue weighted by atomic mass is 35.5. The van der Waals surface area contributed by atoms with E-state index in [1.807, 2.05) is 48.5 Å². The minimum atomic E-state index is -3.29. The summed E-state index contributed by atoms with van der Waals surface area (Å²) in [5, 5.41) is 6.55. The molecule has 1 saturated heterocycles. The van der Waals surface area contributed by atoms with E-state index in [0.29, 0.717) is 36.5 Å². The molecule has 0 saturated carbocycles. The molecule has 1 N–H and O–H groups in total. The summed E-state index contributed by atoms with van der Waals surface area (Å²) >= 11 is 6.04. The summed E-state index contributed by atoms with van der Waals surface area (Å²) in [5.74, 6) is 0. The second-order valence-electron chi connectivity index (χ2n) is 9.10. The summed E-state index contributed by atoms with van der Waals surface area (Å²) in [6.45, 7) is 5.67. The maximum absolute atomic E-state index is 13.3. The second-order valence-corrected chi connectivity index (χ2v) is 11.9. The van der Waals surface area contributed by atoms with E-state index in [0.717, 1.165) is 36.0 Å². The van der Waals surface area contributed by atoms with Gasteiger partial charge in [0.25, 0.3) is 5.56 Å². The Morgan fingerprint density at radius 3 is 2.53 bits per heavy atom. The summed E-state index contributed by atoms with van der Waals surface area (Å²) in [6, 6.07) is 15.4. The molecule has 0 spiro atoms. The van der Waals surface area contributed by atoms with Gasteiger partial charge in [-0.05, 0) is 57.0 Å². The molecule has 1 atom stereocenters. The lowest BCUT2D eigenvalue weighted by Crippen LogP contribution is -2.42. The van der Waals surface area contributed by atoms with Gasteiger partial charge in [-0.25, -0.2) is 17.8 Å². The fraction of sp³-hybridized carbons (Fsp3) is 0.440. The monoisotopic (exact) mass is 502 g/mol. The number of fused-ring (bicyclic) bond motifs is 1. The lowest BCUT2D eigenvalue weighted by molar-refractivity contribution is 0.228. The quantitative estimate of drug-likeness (QED) is 0.484. The summed E-state index contributed by atoms with van der Waals surface area (Å²) in [5.41, 5.74) is 1.83. The predicted octanol–water partition coefficient (Wildman–Crippen LogP) is 3.43. The Balaban J connectivity index is 1.55. The Kier molecular flexibility index (Phi) is 7.72. The standard InChI is InChI=1S/C25H31ClN4O3S/c1-18(2)34(32,33)27-13-15-29-14-5-6-21(29)17-30-25(31)23-8-4-3-7-22(23)24(28-30)16-19-9-11-20(26)12-10-19/h3-4,7-12,18,21,27H,5-6,13-17H2,1-2H3/t21-/m1/s1. The van der Waals surface area contributed by atoms with Crippen LogP contribution in [0.1, 0.15) is 37.9 Å². The van der Waals surface area contributed by atoms with E-state index >= 15 is 0 Å². The predicted molar refractivity (Wildman–Crippen MR) is 137 cm³/mol. The normalized spacial score (nSPS) is 17.1. The molecule has 0 aliphatic carbocycles. The average molecular weight is 503 g/mol. The zero-order valence-electron chi connectivity index (χ0n) is 19.6. The van der Waals surface area contributed by atoms with E-state index in [2.05, 4.69) is 9.62 Å². The molecular formula is C25H31ClN4O3S. The van der Waals surface area contributed by atoms with Crippen molar-refractivity contribution < 1.29 is 8.42 Å². The average Bonchev–Trinajstić information content (AvgIpc) is 3.25. The van der Waals surface area contributed by atoms with Crippen molar-refractivity contribution in [3.63, 3.8) is 0 Å². The molecule has 1 aliphatic heterocycles. The van der Waals surface area contributed by atoms with E-state index in [9.17, 15) is 13.2 Å². The third-order valence-electron chi connectivity index (χ3n) is 6.43. The van der Waals surface area contributed by atoms with Gasteiger partial charge in [0.2, 0.25) is 10.0 Å². The summed E-state index contributed by atoms with van der Waals surface area (Å²) < 4.78 is 28.4. The number of hydrogen-bond acceptors (Lipinski definition) is 5. The molecule has 182 valence electrons. The van der Waals surface area contributed by atoms with Crippen molar-refractivity contribution in [2.45, 2.75) is 50.9 Å². The topological polar surface area (TPSA) is 84.3 Å². The SMILES string of the molecule is CC(C)S(=O)(=O)NCCN1CCC[C@@H]1Cn1nc(Cc2ccc(Cl)cc2)c2ccccc2c1=O. The Bertz CT molecular complexity index is 1310. The fourth-order valence-electron chi connectivity index (χ4n) is 4.45. The Hall–Kier alpha value is -2.26. The first-order valence-corrected chi connectivity index (χ1v) is 13.6. The Morgan fingerprint density at radius 2 is 1.82 bits per heavy atom. The van der Waals surface area contributed by atoms with Gasteiger partial charge in [0.15, 0.2) is 0 Å². The fourth-order valence-corrected chi connectivity index (χ4v) is 5.28. The highest BCUT2D eigenvalue weighted by Crippen LogP contribution is 2.21. The van der Waals surface area contributed by atoms with Crippen LogP contribution in [0.3, 0.4) is 0 Å². The summed E-state index contributed by atoms with van der Waals surface area (Å²) in [4.78, 5) is 15.5. The number of halogens is 1. The van der Waals surface area contributed by atoms with Crippen molar-refractivity contribution in [3.8, 4) is 0 Å². The highest BCUT2D eigenvalue weighted by molar-refractivity contribution is 7.90. The lowest BCUT2D eigenvalue weighted by Gasteiger charge is -2.25. The minimum Gasteiger partial charge on any atom is -0.297 e. The van der Waals surface area contributed by atoms with Gasteiger partial charge in [0, 0.05) is 36.0 Å². The molecule has 1 fully saturated rings. The van der Waals surface area contributed by atoms with Crippen LogP contribution in [0, 0.1) is 0 Å². The van der Waals surface area contributed by atoms with Crippen LogP contribution < -0.4 is 10.3 Å². The first-order chi connectivity index (χ1) is 16.2. The molecule has 9 heteroatoms. The second kappa shape index (κ2) is 10.6. The largest absolute Gasteiger partial charge is 0.297 e. The number of benzene rings is 2. The number of sulfonamides is 1. The van der Waals surface area contributed by atoms with Crippen molar-refractivity contribution in [3.05, 3.63) is 75.2 Å². The lowest BCUT2D eigenvalue weighted by atomic mass is 10.0. The van der Waals surface area contributed by atoms with Crippen molar-refractivity contribution in [1.82, 2.24) is 19.4 Å². The number of nitrogens with one attached hydrogen (secondary N) is 1. The van der Waals surface area contributed by atoms with Gasteiger partial charge < -0.3 is 0 Å². The van der Waals surface area contributed by atoms with Crippen LogP contribution in [0.2, 0.25) is 5.02 Å². The van der Waals surface area contributed by atoms with E-state index in [-0.39, 0.29) is 11.6 Å². The zero-order chi connectivity index (χ0) is 24.3. The summed E-state index contributed by atoms with van der Waals surface area (Å²) in [7, 11) is -3.29. The van der Waals surface area contributed by atoms with Crippen LogP contribution in [0.15, 0.2) is 53.3 Å². The Labute approximate surface area is 205 Å². The highest BCUT2D eigenvalue weighted by Gasteiger charge is 2.26. The molecule has 1 aromatic heterocycles. The van der Waals surface area contributed by atoms with E-state index in [1.54, 1.807) is 18.5 Å². The maximum Gasteiger partial charge on any atom is 0.274 e. The van der Waals surface area contributed by atoms with Crippen molar-refractivity contribution in [2.24, 2.45) is 0 Å². The number of hydrogen-bond donors (Lipinski definition) is 1. The van der Waals surface area contributed by atoms with Crippen molar-refractivity contribution >= 4 is 32.4 Å². The molecule has 4 rings (SSSR count). The summed E-state index contributed by atoms with van der Waals surface area (Å²) in [6.07, 6.45) is 2.56. The molecule has 34 heavy (non-hydrogen) atoms. The smallest absolute Gasteiger partial charge is 0.274 e. The molecule has 2 aromatic carbocycles. The van der Waals surface area contributed by atoms with Gasteiger partial charge >= 0.3 is 0 Å². The van der Waals surface area contributed by atoms with Crippen molar-refractivity contribution in [1.29, 1.82) is 0 Å². The Morgan fingerprint density at radius 1 is 1.12 bits per heavy atom. The number of likely N-dealkylation sites (tertiary alicyclic amines) is 1. The van der Waals surface area contributed by atoms with E-state index < -0.39 is 15.3 Å². The molecule has 1 aliphatic rings. The number of rotatable bonds is 9. The number of aromatic nitrogens is 2. The van der Waals surface area contributed by atoms with Crippen molar-refractivity contribution in [2.75, 3.05) is 19.6 Å². The molecule has 3 aromatic rings. The molecule has 2 heterocycles. The van der Waals surface area contributed by atoms with Crippen LogP contribution >= 0.6 is 11.6 Å². The molecule has 0 radical (unpaired) electrons. The maximum atomic E-state index is 13.3. The van der Waals surface area contributed by atoms with Crippen LogP contribution in [0.25, 0.3) is 10.8 Å². The first-order valence-electron chi connectivity index (χ1n) is 11.7. The van der Waals surface area contributed by atoms with Gasteiger partial charge in [-0.1, -0.05) is 41.9 Å². The van der Waals surface area contributed by atoms with E-state index in [1.165, 1.54) is 0 Å². The number of nitrogens with zero attached hydrogens (tertiary/aromatic N) is 3. The van der Waals surface area contributed by atoms with Crippen LogP contribution in [-0.4, -0.2) is 54.0 Å². The molecular weight excluding hydrogens is 472 g/mol. The third-order valence-corrected chi connectivity index (χ3v) is 8.53. The van der Waals surface area contributed by atoms with Crippen LogP contribution in [0.4, 0.5) is 0 Å². The molecule has 0 unspecified atom stereocenters. The minimum absolute atomic E-state index is 0.0946. The van der Waals surface area contributed by atoms with E-state index in [4.69, 9.17) is 16.7 Å². The van der Waals surface area contributed by atoms with Crippen LogP contribution in [-0.2, 0) is 23.0 Å². The van der Waals surface area contributed by atoms with Gasteiger partial charge in [-0.2, -0.15) is 5.10 Å². The zero-order valence-corrected chi connectivity index (χ0v) is 21.1. The first kappa shape index (κ1) is 24.9. The van der Waals surface area contributed by atoms with Gasteiger partial charge in [0.05, 0.1) is 22.9 Å². The molecule has 0 bridgehead atoms. The third kappa shape index (κ3) is 5.68. The molecule has 0 amide bonds. The van der Waals surface area contributed by atoms with Crippen LogP contribution in [0.5, 0.6) is 0 Å². The molecule has 7 nitrogen and oxygen atoms in total. The van der Waals surface area contributed by atoms with Gasteiger partial charge in [0.1, 0.15) is 0 Å². The van der Waals surface area contributed by atoms with Gasteiger partial charge in [-0.3, -0.25) is 9.69 Å². The van der Waals surface area contributed by atoms with Gasteiger partial charge in [-0.15, -0.1) is 0 Å².